The molecular weight excluding hydrogens is 896 g/mol. The highest BCUT2D eigenvalue weighted by Gasteiger charge is 2.38. The second-order valence-electron chi connectivity index (χ2n) is 18.7. The van der Waals surface area contributed by atoms with Gasteiger partial charge in [0, 0.05) is 25.9 Å². The molecule has 0 unspecified atom stereocenters. The van der Waals surface area contributed by atoms with Crippen LogP contribution in [0, 0.1) is 17.8 Å². The summed E-state index contributed by atoms with van der Waals surface area (Å²) in [5, 5.41) is 26.0. The van der Waals surface area contributed by atoms with Crippen LogP contribution in [-0.4, -0.2) is 120 Å². The van der Waals surface area contributed by atoms with E-state index >= 15 is 0 Å². The van der Waals surface area contributed by atoms with Gasteiger partial charge in [0.15, 0.2) is 0 Å². The second kappa shape index (κ2) is 32.7. The topological polar surface area (TPSA) is 285 Å². The van der Waals surface area contributed by atoms with Crippen molar-refractivity contribution in [1.82, 2.24) is 36.8 Å². The van der Waals surface area contributed by atoms with Crippen LogP contribution in [0.25, 0.3) is 0 Å². The fourth-order valence-electron chi connectivity index (χ4n) is 8.18. The van der Waals surface area contributed by atoms with Crippen LogP contribution in [-0.2, 0) is 53.9 Å². The number of amides is 8. The Labute approximate surface area is 404 Å². The van der Waals surface area contributed by atoms with Crippen LogP contribution in [0.3, 0.4) is 0 Å². The average molecular weight is 975 g/mol. The molecule has 0 aromatic heterocycles. The number of rotatable bonds is 34. The summed E-state index contributed by atoms with van der Waals surface area (Å²) in [4.78, 5) is 108. The van der Waals surface area contributed by atoms with Gasteiger partial charge in [0.2, 0.25) is 47.3 Å². The third-order valence-electron chi connectivity index (χ3n) is 12.0. The van der Waals surface area contributed by atoms with Crippen molar-refractivity contribution in [1.29, 1.82) is 0 Å². The van der Waals surface area contributed by atoms with Crippen molar-refractivity contribution in [2.45, 2.75) is 174 Å². The summed E-state index contributed by atoms with van der Waals surface area (Å²) in [5.74, 6) is -6.14. The van der Waals surface area contributed by atoms with Crippen LogP contribution < -0.4 is 37.6 Å². The summed E-state index contributed by atoms with van der Waals surface area (Å²) in [5.41, 5.74) is 6.47. The summed E-state index contributed by atoms with van der Waals surface area (Å²) in [6.45, 7) is 9.79. The number of nitrogens with zero attached hydrogens (tertiary/aromatic N) is 1. The van der Waals surface area contributed by atoms with Crippen molar-refractivity contribution < 1.29 is 52.6 Å². The van der Waals surface area contributed by atoms with Gasteiger partial charge in [0.25, 0.3) is 0 Å². The third kappa shape index (κ3) is 22.9. The largest absolute Gasteiger partial charge is 0.394 e. The van der Waals surface area contributed by atoms with Gasteiger partial charge in [0.05, 0.1) is 19.3 Å². The Balaban J connectivity index is 2.39. The molecule has 2 rings (SSSR count). The number of nitrogens with two attached hydrogens (primary N) is 1. The summed E-state index contributed by atoms with van der Waals surface area (Å²) in [7, 11) is -0.825. The molecular formula is C48H79N8O11P. The lowest BCUT2D eigenvalue weighted by molar-refractivity contribution is -0.139. The van der Waals surface area contributed by atoms with Crippen LogP contribution in [0.15, 0.2) is 30.3 Å². The van der Waals surface area contributed by atoms with E-state index in [0.29, 0.717) is 44.7 Å². The molecule has 1 aliphatic heterocycles. The lowest BCUT2D eigenvalue weighted by atomic mass is 9.91. The Hall–Kier alpha value is -5.00. The van der Waals surface area contributed by atoms with Gasteiger partial charge in [-0.1, -0.05) is 96.6 Å². The van der Waals surface area contributed by atoms with Crippen molar-refractivity contribution in [3.8, 4) is 0 Å². The van der Waals surface area contributed by atoms with Crippen molar-refractivity contribution in [3.05, 3.63) is 35.9 Å². The van der Waals surface area contributed by atoms with Crippen molar-refractivity contribution in [2.75, 3.05) is 26.2 Å². The molecule has 0 spiro atoms. The molecule has 0 bridgehead atoms. The minimum Gasteiger partial charge on any atom is -0.394 e. The van der Waals surface area contributed by atoms with Gasteiger partial charge >= 0.3 is 8.69 Å². The van der Waals surface area contributed by atoms with Crippen LogP contribution in [0.5, 0.6) is 0 Å². The van der Waals surface area contributed by atoms with Crippen LogP contribution in [0.4, 0.5) is 0 Å². The maximum atomic E-state index is 14.4. The fraction of sp³-hybridized carbons (Fsp3) is 0.708. The van der Waals surface area contributed by atoms with Crippen LogP contribution in [0.2, 0.25) is 0 Å². The maximum absolute atomic E-state index is 14.4. The number of unbranched alkanes of at least 4 members (excludes halogenated alkanes) is 6. The number of benzene rings is 1. The Morgan fingerprint density at radius 2 is 1.32 bits per heavy atom. The molecule has 20 heteroatoms. The standard InChI is InChI=1S/C48H79N8O11P/c1-31(2)19-17-25-50-43(60)36(23-16-11-9-7-8-10-13-20-35-21-14-12-15-22-35)28-38(52-44(61)37(27-32(3)4)53-47(64)40-24-18-26-56(40)34(6)58)45(62)54-39(30-57)46(63)55-42(33(5)67-68-66)48(65)51-29-41(49)59/h12,14-15,21-22,31-33,36-40,42,57H,7-11,13,16-20,23-30H2,1-6H3,(H2,49,59)(H,50,60)(H,51,65)(H,52,61)(H,53,64)(H,54,62)(H,55,63)/t33-,36+,37+,38+,39+,40+,42+/m1/s1. The minimum atomic E-state index is -1.72. The number of likely N-dealkylation sites (tertiary alicyclic amines) is 1. The fourth-order valence-corrected chi connectivity index (χ4v) is 8.43. The van der Waals surface area contributed by atoms with E-state index in [1.54, 1.807) is 0 Å². The summed E-state index contributed by atoms with van der Waals surface area (Å²) >= 11 is 0. The van der Waals surface area contributed by atoms with Gasteiger partial charge in [-0.2, -0.15) is 0 Å². The van der Waals surface area contributed by atoms with E-state index in [1.165, 1.54) is 24.3 Å². The molecule has 1 aromatic rings. The normalized spacial score (nSPS) is 16.2. The summed E-state index contributed by atoms with van der Waals surface area (Å²) in [6, 6.07) is 3.67. The van der Waals surface area contributed by atoms with E-state index in [2.05, 4.69) is 57.9 Å². The van der Waals surface area contributed by atoms with Crippen LogP contribution >= 0.6 is 8.69 Å². The Bertz CT molecular complexity index is 1770. The van der Waals surface area contributed by atoms with E-state index in [4.69, 9.17) is 10.3 Å². The maximum Gasteiger partial charge on any atom is 0.327 e. The lowest BCUT2D eigenvalue weighted by Gasteiger charge is -2.29. The molecule has 8 amide bonds. The molecule has 19 nitrogen and oxygen atoms in total. The number of hydrogen-bond donors (Lipinski definition) is 8. The van der Waals surface area contributed by atoms with Gasteiger partial charge in [-0.15, -0.1) is 0 Å². The van der Waals surface area contributed by atoms with Gasteiger partial charge in [-0.05, 0) is 82.1 Å². The highest BCUT2D eigenvalue weighted by molar-refractivity contribution is 7.17. The highest BCUT2D eigenvalue weighted by atomic mass is 31.1. The van der Waals surface area contributed by atoms with Gasteiger partial charge in [0.1, 0.15) is 30.2 Å². The van der Waals surface area contributed by atoms with Crippen molar-refractivity contribution in [2.24, 2.45) is 23.5 Å². The van der Waals surface area contributed by atoms with Gasteiger partial charge in [-0.25, -0.2) is 4.57 Å². The smallest absolute Gasteiger partial charge is 0.327 e. The Morgan fingerprint density at radius 1 is 0.721 bits per heavy atom. The van der Waals surface area contributed by atoms with Gasteiger partial charge in [-0.3, -0.25) is 42.9 Å². The molecule has 1 saturated heterocycles. The number of aliphatic hydroxyl groups excluding tert-OH is 1. The van der Waals surface area contributed by atoms with E-state index in [9.17, 15) is 48.0 Å². The lowest BCUT2D eigenvalue weighted by Crippen LogP contribution is -2.61. The molecule has 0 aliphatic carbocycles. The number of aryl methyl sites for hydroxylation is 1. The third-order valence-corrected chi connectivity index (χ3v) is 12.4. The first-order valence-corrected chi connectivity index (χ1v) is 25.1. The SMILES string of the molecule is CC(=O)N1CCC[C@H]1C(=O)N[C@@H](CC(C)C)C(=O)N[C@@H](C[C@H](CCCCCCCCCc1ccccc1)C(=O)NCCCC(C)C)C(=O)N[C@@H](CO)C(=O)N[C@H](C(=O)NCC(N)=O)[C@@H](C)OP=O. The monoisotopic (exact) mass is 975 g/mol. The van der Waals surface area contributed by atoms with E-state index in [1.807, 2.05) is 32.0 Å². The average Bonchev–Trinajstić information content (AvgIpc) is 3.80. The number of carbonyl (C=O) groups excluding carboxylic acids is 8. The quantitative estimate of drug-likeness (QED) is 0.0367. The zero-order valence-electron chi connectivity index (χ0n) is 41.0. The number of carbonyl (C=O) groups is 8. The van der Waals surface area contributed by atoms with E-state index in [-0.39, 0.29) is 30.6 Å². The first kappa shape index (κ1) is 59.1. The Kier molecular flexibility index (Phi) is 28.4. The highest BCUT2D eigenvalue weighted by Crippen LogP contribution is 2.21. The number of primary amides is 1. The number of aliphatic hydroxyl groups is 1. The second-order valence-corrected chi connectivity index (χ2v) is 19.0. The predicted molar refractivity (Wildman–Crippen MR) is 257 cm³/mol. The first-order chi connectivity index (χ1) is 32.4. The first-order valence-electron chi connectivity index (χ1n) is 24.3. The zero-order valence-corrected chi connectivity index (χ0v) is 41.9. The van der Waals surface area contributed by atoms with Gasteiger partial charge < -0.3 is 47.6 Å². The molecule has 0 radical (unpaired) electrons. The zero-order chi connectivity index (χ0) is 50.6. The minimum absolute atomic E-state index is 0.109. The predicted octanol–water partition coefficient (Wildman–Crippen LogP) is 3.11. The van der Waals surface area contributed by atoms with Crippen molar-refractivity contribution in [3.63, 3.8) is 0 Å². The molecule has 1 heterocycles. The van der Waals surface area contributed by atoms with Crippen LogP contribution in [0.1, 0.15) is 137 Å². The number of hydrogen-bond acceptors (Lipinski definition) is 11. The van der Waals surface area contributed by atoms with E-state index < -0.39 is 99.5 Å². The van der Waals surface area contributed by atoms with E-state index in [0.717, 1.165) is 57.8 Å². The molecule has 68 heavy (non-hydrogen) atoms. The Morgan fingerprint density at radius 3 is 1.91 bits per heavy atom. The number of nitrogens with one attached hydrogen (secondary N) is 6. The molecule has 9 N–H and O–H groups in total. The summed E-state index contributed by atoms with van der Waals surface area (Å²) < 4.78 is 16.2. The molecule has 0 saturated carbocycles. The molecule has 382 valence electrons. The summed E-state index contributed by atoms with van der Waals surface area (Å²) in [6.07, 6.45) is 9.48. The molecule has 1 aliphatic rings. The van der Waals surface area contributed by atoms with Crippen molar-refractivity contribution >= 4 is 55.9 Å². The molecule has 7 atom stereocenters. The molecule has 1 fully saturated rings. The molecule has 1 aromatic carbocycles.